The van der Waals surface area contributed by atoms with E-state index >= 15 is 0 Å². The van der Waals surface area contributed by atoms with Gasteiger partial charge in [0.25, 0.3) is 0 Å². The van der Waals surface area contributed by atoms with E-state index in [0.29, 0.717) is 32.1 Å². The molecule has 554 valence electrons. The minimum absolute atomic E-state index is 0.0401. The monoisotopic (exact) mass is 1390 g/mol. The van der Waals surface area contributed by atoms with Gasteiger partial charge in [0.15, 0.2) is 12.2 Å². The lowest BCUT2D eigenvalue weighted by molar-refractivity contribution is -0.161. The van der Waals surface area contributed by atoms with Crippen LogP contribution in [0.2, 0.25) is 0 Å². The summed E-state index contributed by atoms with van der Waals surface area (Å²) >= 11 is 0. The lowest BCUT2D eigenvalue weighted by Crippen LogP contribution is -2.30. The molecule has 0 aliphatic rings. The van der Waals surface area contributed by atoms with E-state index in [2.05, 4.69) is 125 Å². The summed E-state index contributed by atoms with van der Waals surface area (Å²) in [6.45, 7) is 4.55. The number of phosphoric acid groups is 2. The zero-order valence-electron chi connectivity index (χ0n) is 60.3. The van der Waals surface area contributed by atoms with Gasteiger partial charge in [-0.3, -0.25) is 37.3 Å². The first kappa shape index (κ1) is 92.0. The molecule has 0 saturated carbocycles. The van der Waals surface area contributed by atoms with Crippen LogP contribution >= 0.6 is 15.6 Å². The smallest absolute Gasteiger partial charge is 0.462 e. The second kappa shape index (κ2) is 69.5. The first-order valence-corrected chi connectivity index (χ1v) is 40.5. The maximum absolute atomic E-state index is 13.1. The van der Waals surface area contributed by atoms with Crippen LogP contribution in [-0.2, 0) is 65.4 Å². The molecule has 3 N–H and O–H groups in total. The summed E-state index contributed by atoms with van der Waals surface area (Å²) in [4.78, 5) is 72.7. The predicted octanol–water partition coefficient (Wildman–Crippen LogP) is 21.2. The molecule has 0 saturated heterocycles. The molecule has 17 nitrogen and oxygen atoms in total. The normalized spacial score (nSPS) is 14.5. The Kier molecular flexibility index (Phi) is 66.6. The number of carbonyl (C=O) groups is 4. The summed E-state index contributed by atoms with van der Waals surface area (Å²) in [5.41, 5.74) is 0. The number of allylic oxidation sites excluding steroid dienone is 16. The molecular weight excluding hydrogens is 1260 g/mol. The molecule has 0 bridgehead atoms. The quantitative estimate of drug-likeness (QED) is 0.0169. The van der Waals surface area contributed by atoms with E-state index in [0.717, 1.165) is 154 Å². The molecule has 96 heavy (non-hydrogen) atoms. The molecule has 0 heterocycles. The van der Waals surface area contributed by atoms with Crippen molar-refractivity contribution in [1.82, 2.24) is 0 Å². The number of phosphoric ester groups is 2. The number of carbonyl (C=O) groups excluding carboxylic acids is 4. The molecule has 0 radical (unpaired) electrons. The number of rotatable bonds is 70. The second-order valence-corrected chi connectivity index (χ2v) is 27.7. The van der Waals surface area contributed by atoms with Crippen LogP contribution in [0.5, 0.6) is 0 Å². The molecule has 0 amide bonds. The standard InChI is InChI=1S/C77H134O17P2/c1-5-9-13-17-21-25-29-32-34-35-37-39-43-46-50-54-58-62-75(80)88-68-73(94-77(82)64-60-56-52-48-44-40-36-33-30-26-22-18-14-10-6-2)70-92-96(85,86)90-66-71(78)65-89-95(83,84)91-69-72(93-76(81)63-59-55-51-47-41-28-24-20-16-12-8-4)67-87-74(79)61-57-53-49-45-42-38-31-27-23-19-15-11-7-3/h9-10,13-14,20-22,24-26,32-34,36,44,48,71-73,78H,5-8,11-12,15-19,23,27-31,35,37-43,45-47,49-70H2,1-4H3,(H,83,84)(H,85,86)/b13-9-,14-10-,24-20-,25-21-,26-22-,34-32-,36-33-,48-44-. The van der Waals surface area contributed by atoms with Gasteiger partial charge in [-0.1, -0.05) is 266 Å². The molecule has 0 aromatic rings. The topological polar surface area (TPSA) is 237 Å². The Labute approximate surface area is 582 Å². The van der Waals surface area contributed by atoms with Gasteiger partial charge in [0, 0.05) is 25.7 Å². The van der Waals surface area contributed by atoms with Gasteiger partial charge in [-0.2, -0.15) is 0 Å². The molecule has 0 aromatic heterocycles. The molecule has 0 spiro atoms. The van der Waals surface area contributed by atoms with Gasteiger partial charge >= 0.3 is 39.5 Å². The van der Waals surface area contributed by atoms with Gasteiger partial charge in [-0.05, 0) is 116 Å². The summed E-state index contributed by atoms with van der Waals surface area (Å²) in [5.74, 6) is -2.23. The zero-order chi connectivity index (χ0) is 70.4. The van der Waals surface area contributed by atoms with Crippen molar-refractivity contribution in [2.45, 2.75) is 329 Å². The van der Waals surface area contributed by atoms with E-state index < -0.39 is 97.5 Å². The van der Waals surface area contributed by atoms with Crippen molar-refractivity contribution in [3.8, 4) is 0 Å². The highest BCUT2D eigenvalue weighted by atomic mass is 31.2. The Morgan fingerprint density at radius 1 is 0.302 bits per heavy atom. The Balaban J connectivity index is 5.35. The van der Waals surface area contributed by atoms with Gasteiger partial charge in [0.2, 0.25) is 0 Å². The molecule has 0 fully saturated rings. The fraction of sp³-hybridized carbons (Fsp3) is 0.740. The number of aliphatic hydroxyl groups is 1. The summed E-state index contributed by atoms with van der Waals surface area (Å²) in [5, 5.41) is 10.6. The van der Waals surface area contributed by atoms with Crippen molar-refractivity contribution in [1.29, 1.82) is 0 Å². The fourth-order valence-electron chi connectivity index (χ4n) is 9.85. The third-order valence-electron chi connectivity index (χ3n) is 15.5. The first-order valence-electron chi connectivity index (χ1n) is 37.5. The minimum atomic E-state index is -4.98. The summed E-state index contributed by atoms with van der Waals surface area (Å²) < 4.78 is 68.3. The Morgan fingerprint density at radius 3 is 0.896 bits per heavy atom. The van der Waals surface area contributed by atoms with Gasteiger partial charge in [0.05, 0.1) is 26.4 Å². The molecule has 19 heteroatoms. The third-order valence-corrected chi connectivity index (χ3v) is 17.4. The molecule has 5 unspecified atom stereocenters. The van der Waals surface area contributed by atoms with Crippen molar-refractivity contribution >= 4 is 39.5 Å². The van der Waals surface area contributed by atoms with Crippen molar-refractivity contribution in [3.63, 3.8) is 0 Å². The number of unbranched alkanes of at least 4 members (excludes halogenated alkanes) is 28. The number of aliphatic hydroxyl groups excluding tert-OH is 1. The van der Waals surface area contributed by atoms with E-state index in [4.69, 9.17) is 37.0 Å². The molecule has 0 aromatic carbocycles. The Hall–Kier alpha value is -4.02. The highest BCUT2D eigenvalue weighted by Gasteiger charge is 2.30. The van der Waals surface area contributed by atoms with Crippen LogP contribution in [-0.4, -0.2) is 96.7 Å². The van der Waals surface area contributed by atoms with E-state index in [1.54, 1.807) is 0 Å². The van der Waals surface area contributed by atoms with Crippen molar-refractivity contribution < 1.29 is 80.2 Å². The lowest BCUT2D eigenvalue weighted by Gasteiger charge is -2.21. The third kappa shape index (κ3) is 68.5. The second-order valence-electron chi connectivity index (χ2n) is 24.8. The number of esters is 4. The van der Waals surface area contributed by atoms with Crippen molar-refractivity contribution in [3.05, 3.63) is 97.2 Å². The van der Waals surface area contributed by atoms with E-state index in [1.165, 1.54) is 70.6 Å². The molecular formula is C77H134O17P2. The SMILES string of the molecule is CC/C=C\C/C=C\C/C=C\C/C=C\CCCCC(=O)OC(COC(=O)CCCCCCCCC/C=C\C/C=C\C/C=C\CC)COP(=O)(O)OCC(O)COP(=O)(O)OCC(COC(=O)CCCCCCCCCCCCCCC)OC(=O)CCCCCCC/C=C\CCCC. The van der Waals surface area contributed by atoms with Crippen molar-refractivity contribution in [2.24, 2.45) is 0 Å². The lowest BCUT2D eigenvalue weighted by atomic mass is 10.0. The van der Waals surface area contributed by atoms with E-state index in [9.17, 15) is 43.2 Å². The van der Waals surface area contributed by atoms with Crippen LogP contribution in [0, 0.1) is 0 Å². The van der Waals surface area contributed by atoms with Crippen LogP contribution in [0.3, 0.4) is 0 Å². The number of hydrogen-bond acceptors (Lipinski definition) is 15. The van der Waals surface area contributed by atoms with E-state index in [-0.39, 0.29) is 25.7 Å². The van der Waals surface area contributed by atoms with Crippen LogP contribution in [0.4, 0.5) is 0 Å². The van der Waals surface area contributed by atoms with Crippen molar-refractivity contribution in [2.75, 3.05) is 39.6 Å². The highest BCUT2D eigenvalue weighted by molar-refractivity contribution is 7.47. The first-order chi connectivity index (χ1) is 46.7. The largest absolute Gasteiger partial charge is 0.472 e. The van der Waals surface area contributed by atoms with Crippen LogP contribution in [0.1, 0.15) is 310 Å². The minimum Gasteiger partial charge on any atom is -0.462 e. The number of ether oxygens (including phenoxy) is 4. The zero-order valence-corrected chi connectivity index (χ0v) is 62.1. The van der Waals surface area contributed by atoms with E-state index in [1.807, 2.05) is 0 Å². The Morgan fingerprint density at radius 2 is 0.552 bits per heavy atom. The van der Waals surface area contributed by atoms with Gasteiger partial charge in [0.1, 0.15) is 19.3 Å². The predicted molar refractivity (Wildman–Crippen MR) is 390 cm³/mol. The van der Waals surface area contributed by atoms with Gasteiger partial charge in [-0.15, -0.1) is 0 Å². The van der Waals surface area contributed by atoms with Gasteiger partial charge in [-0.25, -0.2) is 9.13 Å². The molecule has 0 aliphatic carbocycles. The van der Waals surface area contributed by atoms with Crippen LogP contribution in [0.25, 0.3) is 0 Å². The molecule has 0 rings (SSSR count). The number of hydrogen-bond donors (Lipinski definition) is 3. The van der Waals surface area contributed by atoms with Crippen LogP contribution in [0.15, 0.2) is 97.2 Å². The average Bonchev–Trinajstić information content (AvgIpc) is 2.14. The maximum atomic E-state index is 13.1. The summed E-state index contributed by atoms with van der Waals surface area (Å²) in [7, 11) is -9.96. The van der Waals surface area contributed by atoms with Crippen LogP contribution < -0.4 is 0 Å². The molecule has 0 aliphatic heterocycles. The summed E-state index contributed by atoms with van der Waals surface area (Å²) in [6, 6.07) is 0. The highest BCUT2D eigenvalue weighted by Crippen LogP contribution is 2.45. The maximum Gasteiger partial charge on any atom is 0.472 e. The van der Waals surface area contributed by atoms with Gasteiger partial charge < -0.3 is 33.8 Å². The summed E-state index contributed by atoms with van der Waals surface area (Å²) in [6.07, 6.45) is 71.3. The fourth-order valence-corrected chi connectivity index (χ4v) is 11.4. The molecule has 5 atom stereocenters. The Bertz CT molecular complexity index is 2200. The average molecular weight is 1390 g/mol.